The maximum atomic E-state index is 11.5. The van der Waals surface area contributed by atoms with Crippen molar-refractivity contribution < 1.29 is 9.53 Å². The number of carbonyl (C=O) groups excluding carboxylic acids is 1. The summed E-state index contributed by atoms with van der Waals surface area (Å²) in [7, 11) is 0. The van der Waals surface area contributed by atoms with E-state index in [1.54, 1.807) is 18.5 Å². The molecule has 31 heavy (non-hydrogen) atoms. The second-order valence-corrected chi connectivity index (χ2v) is 7.50. The van der Waals surface area contributed by atoms with E-state index in [0.717, 1.165) is 30.3 Å². The van der Waals surface area contributed by atoms with Crippen molar-refractivity contribution in [2.24, 2.45) is 0 Å². The summed E-state index contributed by atoms with van der Waals surface area (Å²) in [5.41, 5.74) is 0. The Morgan fingerprint density at radius 1 is 0.968 bits per heavy atom. The van der Waals surface area contributed by atoms with Crippen molar-refractivity contribution in [3.8, 4) is 11.5 Å². The molecule has 0 saturated carbocycles. The molecule has 0 saturated heterocycles. The SMILES string of the molecule is CC[C@@H](CNCc1ncccn1)NC(=O)CSC.c1ccc(Oc2ccccc2)cc1. The summed E-state index contributed by atoms with van der Waals surface area (Å²) in [6.07, 6.45) is 6.28. The van der Waals surface area contributed by atoms with Crippen LogP contribution in [0.1, 0.15) is 19.2 Å². The zero-order chi connectivity index (χ0) is 22.2. The fraction of sp³-hybridized carbons (Fsp3) is 0.292. The second-order valence-electron chi connectivity index (χ2n) is 6.63. The highest BCUT2D eigenvalue weighted by Crippen LogP contribution is 2.19. The standard InChI is InChI=1S/C12H20N4OS.C12H10O/c1-3-10(16-12(17)9-18-2)7-13-8-11-14-5-4-6-15-11;1-3-7-11(8-4-1)13-12-9-5-2-6-10-12/h4-6,10,13H,3,7-9H2,1-2H3,(H,16,17);1-10H/t10-;/m0./s1. The first-order chi connectivity index (χ1) is 15.2. The van der Waals surface area contributed by atoms with Crippen molar-refractivity contribution >= 4 is 17.7 Å². The molecule has 2 aromatic carbocycles. The summed E-state index contributed by atoms with van der Waals surface area (Å²) >= 11 is 1.53. The average molecular weight is 439 g/mol. The van der Waals surface area contributed by atoms with Gasteiger partial charge in [-0.25, -0.2) is 9.97 Å². The maximum Gasteiger partial charge on any atom is 0.230 e. The number of hydrogen-bond acceptors (Lipinski definition) is 6. The van der Waals surface area contributed by atoms with E-state index in [4.69, 9.17) is 4.74 Å². The van der Waals surface area contributed by atoms with Gasteiger partial charge in [-0.2, -0.15) is 11.8 Å². The molecule has 1 atom stereocenters. The molecule has 0 unspecified atom stereocenters. The summed E-state index contributed by atoms with van der Waals surface area (Å²) in [5.74, 6) is 3.11. The number of rotatable bonds is 10. The highest BCUT2D eigenvalue weighted by molar-refractivity contribution is 7.99. The molecule has 3 rings (SSSR count). The van der Waals surface area contributed by atoms with Gasteiger partial charge in [-0.15, -0.1) is 0 Å². The van der Waals surface area contributed by atoms with Crippen LogP contribution in [0.4, 0.5) is 0 Å². The fourth-order valence-corrected chi connectivity index (χ4v) is 2.94. The Bertz CT molecular complexity index is 814. The monoisotopic (exact) mass is 438 g/mol. The normalized spacial score (nSPS) is 11.0. The van der Waals surface area contributed by atoms with Gasteiger partial charge in [0.05, 0.1) is 12.3 Å². The quantitative estimate of drug-likeness (QED) is 0.491. The summed E-state index contributed by atoms with van der Waals surface area (Å²) in [4.78, 5) is 19.7. The molecular weight excluding hydrogens is 408 g/mol. The summed E-state index contributed by atoms with van der Waals surface area (Å²) in [6, 6.07) is 21.5. The molecule has 6 nitrogen and oxygen atoms in total. The number of benzene rings is 2. The molecule has 0 radical (unpaired) electrons. The number of nitrogens with zero attached hydrogens (tertiary/aromatic N) is 2. The molecule has 164 valence electrons. The molecule has 1 heterocycles. The van der Waals surface area contributed by atoms with E-state index in [1.807, 2.05) is 66.9 Å². The van der Waals surface area contributed by atoms with Crippen LogP contribution in [-0.2, 0) is 11.3 Å². The molecule has 2 N–H and O–H groups in total. The van der Waals surface area contributed by atoms with Crippen LogP contribution in [-0.4, -0.2) is 40.5 Å². The highest BCUT2D eigenvalue weighted by Gasteiger charge is 2.09. The average Bonchev–Trinajstić information content (AvgIpc) is 2.81. The van der Waals surface area contributed by atoms with Crippen LogP contribution in [0, 0.1) is 0 Å². The summed E-state index contributed by atoms with van der Waals surface area (Å²) < 4.78 is 5.58. The van der Waals surface area contributed by atoms with Gasteiger partial charge < -0.3 is 15.4 Å². The first-order valence-electron chi connectivity index (χ1n) is 10.2. The number of amides is 1. The van der Waals surface area contributed by atoms with Crippen molar-refractivity contribution in [1.29, 1.82) is 0 Å². The van der Waals surface area contributed by atoms with Gasteiger partial charge in [-0.3, -0.25) is 4.79 Å². The van der Waals surface area contributed by atoms with Crippen molar-refractivity contribution in [3.63, 3.8) is 0 Å². The maximum absolute atomic E-state index is 11.5. The number of para-hydroxylation sites is 2. The van der Waals surface area contributed by atoms with Crippen LogP contribution in [0.25, 0.3) is 0 Å². The lowest BCUT2D eigenvalue weighted by molar-refractivity contribution is -0.119. The van der Waals surface area contributed by atoms with Crippen molar-refractivity contribution in [2.75, 3.05) is 18.6 Å². The molecule has 0 aliphatic rings. The van der Waals surface area contributed by atoms with Crippen molar-refractivity contribution in [3.05, 3.63) is 84.9 Å². The van der Waals surface area contributed by atoms with Crippen LogP contribution < -0.4 is 15.4 Å². The molecule has 3 aromatic rings. The summed E-state index contributed by atoms with van der Waals surface area (Å²) in [5, 5.41) is 6.24. The largest absolute Gasteiger partial charge is 0.457 e. The van der Waals surface area contributed by atoms with Gasteiger partial charge in [0, 0.05) is 25.0 Å². The molecule has 0 fully saturated rings. The third kappa shape index (κ3) is 10.6. The predicted octanol–water partition coefficient (Wildman–Crippen LogP) is 4.30. The molecule has 1 amide bonds. The van der Waals surface area contributed by atoms with E-state index >= 15 is 0 Å². The van der Waals surface area contributed by atoms with Crippen LogP contribution in [0.3, 0.4) is 0 Å². The first-order valence-corrected chi connectivity index (χ1v) is 11.6. The van der Waals surface area contributed by atoms with Gasteiger partial charge >= 0.3 is 0 Å². The van der Waals surface area contributed by atoms with Crippen LogP contribution in [0.5, 0.6) is 11.5 Å². The highest BCUT2D eigenvalue weighted by atomic mass is 32.2. The predicted molar refractivity (Wildman–Crippen MR) is 127 cm³/mol. The Morgan fingerprint density at radius 3 is 2.06 bits per heavy atom. The molecule has 0 bridgehead atoms. The minimum atomic E-state index is 0.0899. The van der Waals surface area contributed by atoms with E-state index in [0.29, 0.717) is 12.3 Å². The Kier molecular flexibility index (Phi) is 11.8. The van der Waals surface area contributed by atoms with E-state index < -0.39 is 0 Å². The van der Waals surface area contributed by atoms with E-state index in [2.05, 4.69) is 27.5 Å². The van der Waals surface area contributed by atoms with Gasteiger partial charge in [0.15, 0.2) is 0 Å². The lowest BCUT2D eigenvalue weighted by Crippen LogP contribution is -2.42. The Hall–Kier alpha value is -2.90. The lowest BCUT2D eigenvalue weighted by atomic mass is 10.2. The topological polar surface area (TPSA) is 76.1 Å². The smallest absolute Gasteiger partial charge is 0.230 e. The molecule has 0 aliphatic carbocycles. The molecule has 1 aromatic heterocycles. The van der Waals surface area contributed by atoms with Gasteiger partial charge in [-0.1, -0.05) is 43.3 Å². The van der Waals surface area contributed by atoms with E-state index in [9.17, 15) is 4.79 Å². The number of thioether (sulfide) groups is 1. The van der Waals surface area contributed by atoms with Crippen LogP contribution in [0.2, 0.25) is 0 Å². The Balaban J connectivity index is 0.000000231. The second kappa shape index (κ2) is 15.0. The number of nitrogens with one attached hydrogen (secondary N) is 2. The van der Waals surface area contributed by atoms with Crippen LogP contribution >= 0.6 is 11.8 Å². The van der Waals surface area contributed by atoms with Crippen LogP contribution in [0.15, 0.2) is 79.1 Å². The van der Waals surface area contributed by atoms with Gasteiger partial charge in [0.2, 0.25) is 5.91 Å². The third-order valence-electron chi connectivity index (χ3n) is 4.15. The van der Waals surface area contributed by atoms with E-state index in [1.165, 1.54) is 11.8 Å². The minimum Gasteiger partial charge on any atom is -0.457 e. The summed E-state index contributed by atoms with van der Waals surface area (Å²) in [6.45, 7) is 3.41. The van der Waals surface area contributed by atoms with Gasteiger partial charge in [0.25, 0.3) is 0 Å². The first kappa shape index (κ1) is 24.4. The number of aromatic nitrogens is 2. The number of hydrogen-bond donors (Lipinski definition) is 2. The third-order valence-corrected chi connectivity index (χ3v) is 4.70. The van der Waals surface area contributed by atoms with Crippen molar-refractivity contribution in [1.82, 2.24) is 20.6 Å². The number of ether oxygens (including phenoxy) is 1. The Labute approximate surface area is 188 Å². The fourth-order valence-electron chi connectivity index (χ4n) is 2.59. The Morgan fingerprint density at radius 2 is 1.55 bits per heavy atom. The van der Waals surface area contributed by atoms with Gasteiger partial charge in [0.1, 0.15) is 17.3 Å². The van der Waals surface area contributed by atoms with Gasteiger partial charge in [-0.05, 0) is 43.0 Å². The lowest BCUT2D eigenvalue weighted by Gasteiger charge is -2.17. The van der Waals surface area contributed by atoms with Crippen molar-refractivity contribution in [2.45, 2.75) is 25.9 Å². The molecule has 0 aliphatic heterocycles. The zero-order valence-corrected chi connectivity index (χ0v) is 18.8. The zero-order valence-electron chi connectivity index (χ0n) is 18.0. The minimum absolute atomic E-state index is 0.0899. The molecular formula is C24H30N4O2S. The van der Waals surface area contributed by atoms with E-state index in [-0.39, 0.29) is 11.9 Å². The molecule has 7 heteroatoms. The molecule has 0 spiro atoms. The number of carbonyl (C=O) groups is 1.